The van der Waals surface area contributed by atoms with Gasteiger partial charge in [0.2, 0.25) is 0 Å². The average molecular weight is 247 g/mol. The number of phenolic OH excluding ortho intramolecular Hbond substituents is 1. The number of hydrogen-bond donors (Lipinski definition) is 2. The van der Waals surface area contributed by atoms with Crippen LogP contribution in [-0.4, -0.2) is 17.7 Å². The maximum absolute atomic E-state index is 9.24. The van der Waals surface area contributed by atoms with E-state index in [2.05, 4.69) is 19.2 Å². The summed E-state index contributed by atoms with van der Waals surface area (Å²) in [5.41, 5.74) is 1.29. The highest BCUT2D eigenvalue weighted by Crippen LogP contribution is 2.28. The van der Waals surface area contributed by atoms with E-state index < -0.39 is 0 Å². The summed E-state index contributed by atoms with van der Waals surface area (Å²) in [5, 5.41) is 13.0. The topological polar surface area (TPSA) is 32.3 Å². The number of phenols is 1. The Bertz CT molecular complexity index is 350. The Morgan fingerprint density at radius 2 is 1.72 bits per heavy atom. The van der Waals surface area contributed by atoms with E-state index in [9.17, 15) is 5.11 Å². The van der Waals surface area contributed by atoms with Crippen molar-refractivity contribution in [3.05, 3.63) is 29.8 Å². The molecule has 0 bridgehead atoms. The SMILES string of the molecule is CC1CCCC(C)C1NCCc1ccc(O)cc1. The van der Waals surface area contributed by atoms with Gasteiger partial charge in [0.15, 0.2) is 0 Å². The quantitative estimate of drug-likeness (QED) is 0.855. The molecule has 1 saturated carbocycles. The molecule has 1 aliphatic carbocycles. The minimum Gasteiger partial charge on any atom is -0.508 e. The minimum absolute atomic E-state index is 0.348. The Morgan fingerprint density at radius 1 is 1.11 bits per heavy atom. The molecule has 1 fully saturated rings. The van der Waals surface area contributed by atoms with E-state index in [4.69, 9.17) is 0 Å². The van der Waals surface area contributed by atoms with Gasteiger partial charge in [-0.05, 0) is 55.3 Å². The molecule has 0 saturated heterocycles. The molecule has 0 heterocycles. The molecule has 0 aromatic heterocycles. The summed E-state index contributed by atoms with van der Waals surface area (Å²) < 4.78 is 0. The van der Waals surface area contributed by atoms with Gasteiger partial charge in [0.25, 0.3) is 0 Å². The monoisotopic (exact) mass is 247 g/mol. The maximum Gasteiger partial charge on any atom is 0.115 e. The fourth-order valence-corrected chi connectivity index (χ4v) is 3.13. The summed E-state index contributed by atoms with van der Waals surface area (Å²) in [6.07, 6.45) is 5.15. The van der Waals surface area contributed by atoms with Crippen molar-refractivity contribution in [2.45, 2.75) is 45.6 Å². The van der Waals surface area contributed by atoms with E-state index >= 15 is 0 Å². The molecule has 2 atom stereocenters. The molecule has 0 spiro atoms. The van der Waals surface area contributed by atoms with Crippen molar-refractivity contribution in [3.8, 4) is 5.75 Å². The second kappa shape index (κ2) is 6.24. The fraction of sp³-hybridized carbons (Fsp3) is 0.625. The van der Waals surface area contributed by atoms with Gasteiger partial charge in [0.1, 0.15) is 5.75 Å². The van der Waals surface area contributed by atoms with Crippen LogP contribution in [0.4, 0.5) is 0 Å². The summed E-state index contributed by atoms with van der Waals surface area (Å²) in [6, 6.07) is 8.22. The molecule has 2 unspecified atom stereocenters. The normalized spacial score (nSPS) is 28.2. The lowest BCUT2D eigenvalue weighted by atomic mass is 9.78. The zero-order chi connectivity index (χ0) is 13.0. The highest BCUT2D eigenvalue weighted by Gasteiger charge is 2.26. The first-order valence-corrected chi connectivity index (χ1v) is 7.18. The van der Waals surface area contributed by atoms with Crippen LogP contribution in [0.1, 0.15) is 38.7 Å². The summed E-state index contributed by atoms with van der Waals surface area (Å²) >= 11 is 0. The third-order valence-corrected chi connectivity index (χ3v) is 4.28. The van der Waals surface area contributed by atoms with Crippen LogP contribution in [0.15, 0.2) is 24.3 Å². The van der Waals surface area contributed by atoms with Gasteiger partial charge in [0, 0.05) is 6.04 Å². The van der Waals surface area contributed by atoms with Crippen LogP contribution < -0.4 is 5.32 Å². The van der Waals surface area contributed by atoms with E-state index in [-0.39, 0.29) is 0 Å². The average Bonchev–Trinajstić information content (AvgIpc) is 2.35. The van der Waals surface area contributed by atoms with Crippen LogP contribution in [0, 0.1) is 11.8 Å². The van der Waals surface area contributed by atoms with Gasteiger partial charge in [-0.15, -0.1) is 0 Å². The smallest absolute Gasteiger partial charge is 0.115 e. The number of hydrogen-bond acceptors (Lipinski definition) is 2. The highest BCUT2D eigenvalue weighted by atomic mass is 16.3. The Kier molecular flexibility index (Phi) is 4.65. The first-order chi connectivity index (χ1) is 8.66. The lowest BCUT2D eigenvalue weighted by Gasteiger charge is -2.35. The predicted octanol–water partition coefficient (Wildman–Crippen LogP) is 3.35. The van der Waals surface area contributed by atoms with Crippen molar-refractivity contribution < 1.29 is 5.11 Å². The van der Waals surface area contributed by atoms with E-state index in [1.165, 1.54) is 24.8 Å². The number of rotatable bonds is 4. The van der Waals surface area contributed by atoms with Crippen molar-refractivity contribution in [2.75, 3.05) is 6.54 Å². The second-order valence-corrected chi connectivity index (χ2v) is 5.78. The van der Waals surface area contributed by atoms with Crippen LogP contribution in [0.3, 0.4) is 0 Å². The molecule has 1 aromatic rings. The Balaban J connectivity index is 1.79. The molecule has 0 radical (unpaired) electrons. The van der Waals surface area contributed by atoms with Crippen LogP contribution >= 0.6 is 0 Å². The largest absolute Gasteiger partial charge is 0.508 e. The summed E-state index contributed by atoms with van der Waals surface area (Å²) in [7, 11) is 0. The highest BCUT2D eigenvalue weighted by molar-refractivity contribution is 5.25. The molecule has 2 nitrogen and oxygen atoms in total. The molecule has 1 aliphatic rings. The summed E-state index contributed by atoms with van der Waals surface area (Å²) in [6.45, 7) is 5.77. The lowest BCUT2D eigenvalue weighted by molar-refractivity contribution is 0.210. The van der Waals surface area contributed by atoms with Crippen LogP contribution in [0.5, 0.6) is 5.75 Å². The van der Waals surface area contributed by atoms with Crippen molar-refractivity contribution in [1.29, 1.82) is 0 Å². The molecule has 100 valence electrons. The van der Waals surface area contributed by atoms with E-state index in [1.54, 1.807) is 12.1 Å². The molecule has 0 amide bonds. The van der Waals surface area contributed by atoms with E-state index in [0.717, 1.165) is 24.8 Å². The Labute approximate surface area is 110 Å². The van der Waals surface area contributed by atoms with Crippen LogP contribution in [-0.2, 0) is 6.42 Å². The number of benzene rings is 1. The predicted molar refractivity (Wildman–Crippen MR) is 75.8 cm³/mol. The summed E-state index contributed by atoms with van der Waals surface area (Å²) in [5.74, 6) is 1.95. The number of aromatic hydroxyl groups is 1. The summed E-state index contributed by atoms with van der Waals surface area (Å²) in [4.78, 5) is 0. The zero-order valence-corrected chi connectivity index (χ0v) is 11.5. The standard InChI is InChI=1S/C16H25NO/c1-12-4-3-5-13(2)16(12)17-11-10-14-6-8-15(18)9-7-14/h6-9,12-13,16-18H,3-5,10-11H2,1-2H3. The zero-order valence-electron chi connectivity index (χ0n) is 11.5. The molecule has 0 aliphatic heterocycles. The van der Waals surface area contributed by atoms with Gasteiger partial charge in [-0.3, -0.25) is 0 Å². The van der Waals surface area contributed by atoms with Crippen molar-refractivity contribution >= 4 is 0 Å². The van der Waals surface area contributed by atoms with Crippen LogP contribution in [0.2, 0.25) is 0 Å². The van der Waals surface area contributed by atoms with Gasteiger partial charge in [0.05, 0.1) is 0 Å². The molecular weight excluding hydrogens is 222 g/mol. The van der Waals surface area contributed by atoms with Crippen molar-refractivity contribution in [3.63, 3.8) is 0 Å². The number of nitrogens with one attached hydrogen (secondary N) is 1. The van der Waals surface area contributed by atoms with Gasteiger partial charge in [-0.2, -0.15) is 0 Å². The second-order valence-electron chi connectivity index (χ2n) is 5.78. The van der Waals surface area contributed by atoms with Gasteiger partial charge in [-0.1, -0.05) is 32.4 Å². The van der Waals surface area contributed by atoms with Gasteiger partial charge in [-0.25, -0.2) is 0 Å². The molecular formula is C16H25NO. The van der Waals surface area contributed by atoms with E-state index in [1.807, 2.05) is 12.1 Å². The third kappa shape index (κ3) is 3.49. The Morgan fingerprint density at radius 3 is 2.33 bits per heavy atom. The third-order valence-electron chi connectivity index (χ3n) is 4.28. The first kappa shape index (κ1) is 13.4. The van der Waals surface area contributed by atoms with Crippen molar-refractivity contribution in [2.24, 2.45) is 11.8 Å². The van der Waals surface area contributed by atoms with Crippen molar-refractivity contribution in [1.82, 2.24) is 5.32 Å². The van der Waals surface area contributed by atoms with Crippen LogP contribution in [0.25, 0.3) is 0 Å². The lowest BCUT2D eigenvalue weighted by Crippen LogP contribution is -2.43. The molecule has 2 rings (SSSR count). The maximum atomic E-state index is 9.24. The molecule has 2 N–H and O–H groups in total. The Hall–Kier alpha value is -1.02. The molecule has 18 heavy (non-hydrogen) atoms. The first-order valence-electron chi connectivity index (χ1n) is 7.18. The minimum atomic E-state index is 0.348. The fourth-order valence-electron chi connectivity index (χ4n) is 3.13. The molecule has 1 aromatic carbocycles. The van der Waals surface area contributed by atoms with Gasteiger partial charge < -0.3 is 10.4 Å². The molecule has 2 heteroatoms. The van der Waals surface area contributed by atoms with E-state index in [0.29, 0.717) is 11.8 Å². The van der Waals surface area contributed by atoms with Gasteiger partial charge >= 0.3 is 0 Å².